The summed E-state index contributed by atoms with van der Waals surface area (Å²) in [6.45, 7) is 3.00. The van der Waals surface area contributed by atoms with E-state index in [1.165, 1.54) is 11.1 Å². The minimum absolute atomic E-state index is 0.0180. The molecule has 1 saturated heterocycles. The maximum Gasteiger partial charge on any atom is 0.253 e. The lowest BCUT2D eigenvalue weighted by molar-refractivity contribution is -0.125. The average molecular weight is 372 g/mol. The topological polar surface area (TPSA) is 32.8 Å². The number of rotatable bonds is 6. The van der Waals surface area contributed by atoms with Gasteiger partial charge in [0.2, 0.25) is 0 Å². The van der Waals surface area contributed by atoms with E-state index < -0.39 is 0 Å². The molecule has 4 nitrogen and oxygen atoms in total. The molecule has 0 saturated carbocycles. The van der Waals surface area contributed by atoms with Crippen molar-refractivity contribution in [2.24, 2.45) is 0 Å². The number of anilines is 2. The van der Waals surface area contributed by atoms with E-state index in [1.807, 2.05) is 24.3 Å². The van der Waals surface area contributed by atoms with Crippen molar-refractivity contribution in [3.63, 3.8) is 0 Å². The number of benzene rings is 3. The maximum atomic E-state index is 12.1. The van der Waals surface area contributed by atoms with Crippen LogP contribution in [0.15, 0.2) is 84.9 Å². The quantitative estimate of drug-likeness (QED) is 0.648. The van der Waals surface area contributed by atoms with Gasteiger partial charge in [-0.25, -0.2) is 0 Å². The van der Waals surface area contributed by atoms with Crippen LogP contribution in [0.3, 0.4) is 0 Å². The second-order valence-electron chi connectivity index (χ2n) is 6.94. The van der Waals surface area contributed by atoms with Gasteiger partial charge in [-0.1, -0.05) is 60.7 Å². The Labute approximate surface area is 166 Å². The molecule has 28 heavy (non-hydrogen) atoms. The van der Waals surface area contributed by atoms with Gasteiger partial charge in [-0.05, 0) is 35.4 Å². The standard InChI is InChI=1S/C24H24N2O2/c27-24-19-28-16-15-26(24)23-13-11-22(12-14-23)25(17-20-7-3-1-4-8-20)18-21-9-5-2-6-10-21/h1-14H,15-19H2. The van der Waals surface area contributed by atoms with Gasteiger partial charge in [-0.15, -0.1) is 0 Å². The van der Waals surface area contributed by atoms with E-state index in [-0.39, 0.29) is 12.5 Å². The van der Waals surface area contributed by atoms with Gasteiger partial charge in [0.05, 0.1) is 6.61 Å². The number of hydrogen-bond acceptors (Lipinski definition) is 3. The Morgan fingerprint density at radius 2 is 1.36 bits per heavy atom. The first kappa shape index (κ1) is 18.3. The number of ether oxygens (including phenoxy) is 1. The van der Waals surface area contributed by atoms with E-state index in [2.05, 4.69) is 65.6 Å². The van der Waals surface area contributed by atoms with Crippen molar-refractivity contribution in [1.29, 1.82) is 0 Å². The SMILES string of the molecule is O=C1COCCN1c1ccc(N(Cc2ccccc2)Cc2ccccc2)cc1. The van der Waals surface area contributed by atoms with Crippen LogP contribution in [0.5, 0.6) is 0 Å². The molecular weight excluding hydrogens is 348 g/mol. The summed E-state index contributed by atoms with van der Waals surface area (Å²) >= 11 is 0. The summed E-state index contributed by atoms with van der Waals surface area (Å²) in [5.74, 6) is 0.0180. The second kappa shape index (κ2) is 8.72. The van der Waals surface area contributed by atoms with Crippen LogP contribution in [0, 0.1) is 0 Å². The minimum Gasteiger partial charge on any atom is -0.370 e. The fraction of sp³-hybridized carbons (Fsp3) is 0.208. The first-order chi connectivity index (χ1) is 13.8. The van der Waals surface area contributed by atoms with Gasteiger partial charge in [0.15, 0.2) is 0 Å². The third-order valence-electron chi connectivity index (χ3n) is 4.94. The molecule has 0 bridgehead atoms. The molecular formula is C24H24N2O2. The predicted octanol–water partition coefficient (Wildman–Crippen LogP) is 4.26. The molecule has 0 atom stereocenters. The lowest BCUT2D eigenvalue weighted by Gasteiger charge is -2.29. The first-order valence-corrected chi connectivity index (χ1v) is 9.60. The lowest BCUT2D eigenvalue weighted by atomic mass is 10.1. The number of carbonyl (C=O) groups is 1. The summed E-state index contributed by atoms with van der Waals surface area (Å²) in [6.07, 6.45) is 0. The molecule has 142 valence electrons. The van der Waals surface area contributed by atoms with E-state index in [4.69, 9.17) is 4.74 Å². The van der Waals surface area contributed by atoms with Crippen LogP contribution >= 0.6 is 0 Å². The Balaban J connectivity index is 1.57. The van der Waals surface area contributed by atoms with Gasteiger partial charge in [0.25, 0.3) is 5.91 Å². The molecule has 1 aliphatic rings. The first-order valence-electron chi connectivity index (χ1n) is 9.60. The van der Waals surface area contributed by atoms with E-state index in [9.17, 15) is 4.79 Å². The van der Waals surface area contributed by atoms with Crippen LogP contribution < -0.4 is 9.80 Å². The van der Waals surface area contributed by atoms with E-state index in [1.54, 1.807) is 4.90 Å². The highest BCUT2D eigenvalue weighted by Crippen LogP contribution is 2.25. The number of morpholine rings is 1. The number of hydrogen-bond donors (Lipinski definition) is 0. The largest absolute Gasteiger partial charge is 0.370 e. The highest BCUT2D eigenvalue weighted by molar-refractivity contribution is 5.95. The Morgan fingerprint density at radius 1 is 0.786 bits per heavy atom. The zero-order valence-electron chi connectivity index (χ0n) is 15.8. The maximum absolute atomic E-state index is 12.1. The molecule has 1 amide bonds. The van der Waals surface area contributed by atoms with Crippen molar-refractivity contribution >= 4 is 17.3 Å². The van der Waals surface area contributed by atoms with Crippen molar-refractivity contribution in [3.05, 3.63) is 96.1 Å². The summed E-state index contributed by atoms with van der Waals surface area (Å²) in [6, 6.07) is 29.2. The molecule has 1 heterocycles. The third kappa shape index (κ3) is 4.41. The van der Waals surface area contributed by atoms with Gasteiger partial charge in [-0.3, -0.25) is 4.79 Å². The smallest absolute Gasteiger partial charge is 0.253 e. The normalized spacial score (nSPS) is 14.1. The van der Waals surface area contributed by atoms with Crippen molar-refractivity contribution in [1.82, 2.24) is 0 Å². The zero-order valence-corrected chi connectivity index (χ0v) is 15.8. The molecule has 0 unspecified atom stereocenters. The molecule has 0 radical (unpaired) electrons. The molecule has 3 aromatic carbocycles. The monoisotopic (exact) mass is 372 g/mol. The van der Waals surface area contributed by atoms with Crippen LogP contribution in [0.2, 0.25) is 0 Å². The molecule has 0 N–H and O–H groups in total. The van der Waals surface area contributed by atoms with Gasteiger partial charge in [0, 0.05) is 31.0 Å². The summed E-state index contributed by atoms with van der Waals surface area (Å²) in [4.78, 5) is 16.2. The summed E-state index contributed by atoms with van der Waals surface area (Å²) < 4.78 is 5.23. The Kier molecular flexibility index (Phi) is 5.69. The number of carbonyl (C=O) groups excluding carboxylic acids is 1. The minimum atomic E-state index is 0.0180. The van der Waals surface area contributed by atoms with E-state index in [0.29, 0.717) is 13.2 Å². The van der Waals surface area contributed by atoms with Gasteiger partial charge >= 0.3 is 0 Å². The highest BCUT2D eigenvalue weighted by atomic mass is 16.5. The average Bonchev–Trinajstić information content (AvgIpc) is 2.75. The molecule has 0 spiro atoms. The van der Waals surface area contributed by atoms with Crippen LogP contribution in [0.25, 0.3) is 0 Å². The van der Waals surface area contributed by atoms with Gasteiger partial charge < -0.3 is 14.5 Å². The molecule has 3 aromatic rings. The molecule has 4 heteroatoms. The Hall–Kier alpha value is -3.11. The van der Waals surface area contributed by atoms with Crippen LogP contribution in [-0.4, -0.2) is 25.7 Å². The fourth-order valence-electron chi connectivity index (χ4n) is 3.48. The van der Waals surface area contributed by atoms with Crippen LogP contribution in [-0.2, 0) is 22.6 Å². The van der Waals surface area contributed by atoms with Gasteiger partial charge in [-0.2, -0.15) is 0 Å². The molecule has 1 aliphatic heterocycles. The molecule has 0 aromatic heterocycles. The molecule has 0 aliphatic carbocycles. The zero-order chi connectivity index (χ0) is 19.2. The molecule has 4 rings (SSSR count). The van der Waals surface area contributed by atoms with Crippen LogP contribution in [0.1, 0.15) is 11.1 Å². The van der Waals surface area contributed by atoms with Crippen molar-refractivity contribution in [2.45, 2.75) is 13.1 Å². The van der Waals surface area contributed by atoms with Crippen molar-refractivity contribution in [2.75, 3.05) is 29.6 Å². The second-order valence-corrected chi connectivity index (χ2v) is 6.94. The predicted molar refractivity (Wildman–Crippen MR) is 112 cm³/mol. The number of nitrogens with zero attached hydrogens (tertiary/aromatic N) is 2. The van der Waals surface area contributed by atoms with Crippen molar-refractivity contribution in [3.8, 4) is 0 Å². The summed E-state index contributed by atoms with van der Waals surface area (Å²) in [7, 11) is 0. The highest BCUT2D eigenvalue weighted by Gasteiger charge is 2.20. The Morgan fingerprint density at radius 3 is 1.89 bits per heavy atom. The lowest BCUT2D eigenvalue weighted by Crippen LogP contribution is -2.41. The fourth-order valence-corrected chi connectivity index (χ4v) is 3.48. The summed E-state index contributed by atoms with van der Waals surface area (Å²) in [5, 5.41) is 0. The van der Waals surface area contributed by atoms with E-state index in [0.717, 1.165) is 24.5 Å². The van der Waals surface area contributed by atoms with Crippen LogP contribution in [0.4, 0.5) is 11.4 Å². The van der Waals surface area contributed by atoms with Crippen molar-refractivity contribution < 1.29 is 9.53 Å². The summed E-state index contributed by atoms with van der Waals surface area (Å²) in [5.41, 5.74) is 4.60. The van der Waals surface area contributed by atoms with Gasteiger partial charge in [0.1, 0.15) is 6.61 Å². The number of amides is 1. The third-order valence-corrected chi connectivity index (χ3v) is 4.94. The Bertz CT molecular complexity index is 853. The van der Waals surface area contributed by atoms with E-state index >= 15 is 0 Å². The molecule has 1 fully saturated rings.